The van der Waals surface area contributed by atoms with E-state index in [1.54, 1.807) is 60.7 Å². The molecule has 0 saturated heterocycles. The summed E-state index contributed by atoms with van der Waals surface area (Å²) in [5, 5.41) is 0. The summed E-state index contributed by atoms with van der Waals surface area (Å²) in [6.07, 6.45) is 14.1. The molecule has 4 aromatic rings. The van der Waals surface area contributed by atoms with Crippen molar-refractivity contribution >= 4 is 17.9 Å². The highest BCUT2D eigenvalue weighted by atomic mass is 16.6. The van der Waals surface area contributed by atoms with Gasteiger partial charge in [0.25, 0.3) is 0 Å². The standard InChI is InChI=1S/C45H54O8/c1-5-7-9-11-13-15-29-49-37-23-18-35(19-24-37)43(46)51-40-27-28-42(41(32-40)45(48)52-39-22-17-33(3)34(4)31-39)53-44(47)36-20-25-38(26-21-36)50-30-16-14-12-10-8-6-2/h17-28,31-32H,5-16,29-30H2,1-4H3. The molecule has 0 aliphatic heterocycles. The number of aryl methyl sites for hydroxylation is 2. The third kappa shape index (κ3) is 13.8. The van der Waals surface area contributed by atoms with Crippen molar-refractivity contribution in [2.45, 2.75) is 105 Å². The van der Waals surface area contributed by atoms with Gasteiger partial charge >= 0.3 is 17.9 Å². The minimum Gasteiger partial charge on any atom is -0.494 e. The van der Waals surface area contributed by atoms with E-state index in [1.165, 1.54) is 69.6 Å². The van der Waals surface area contributed by atoms with Crippen molar-refractivity contribution in [1.29, 1.82) is 0 Å². The van der Waals surface area contributed by atoms with Crippen LogP contribution in [0.4, 0.5) is 0 Å². The first-order chi connectivity index (χ1) is 25.8. The largest absolute Gasteiger partial charge is 0.494 e. The van der Waals surface area contributed by atoms with Gasteiger partial charge in [0.1, 0.15) is 34.3 Å². The van der Waals surface area contributed by atoms with Crippen LogP contribution < -0.4 is 23.7 Å². The third-order valence-electron chi connectivity index (χ3n) is 8.99. The average molecular weight is 723 g/mol. The van der Waals surface area contributed by atoms with Crippen LogP contribution in [0.2, 0.25) is 0 Å². The Labute approximate surface area is 314 Å². The summed E-state index contributed by atoms with van der Waals surface area (Å²) in [5.74, 6) is -0.369. The number of rotatable bonds is 22. The first-order valence-corrected chi connectivity index (χ1v) is 19.1. The highest BCUT2D eigenvalue weighted by Gasteiger charge is 2.21. The zero-order chi connectivity index (χ0) is 37.8. The molecule has 0 radical (unpaired) electrons. The van der Waals surface area contributed by atoms with E-state index in [0.717, 1.165) is 36.8 Å². The molecule has 0 heterocycles. The minimum absolute atomic E-state index is 0.0427. The Balaban J connectivity index is 1.41. The number of benzene rings is 4. The maximum atomic E-state index is 13.5. The Hall–Kier alpha value is -5.11. The summed E-state index contributed by atoms with van der Waals surface area (Å²) in [5.41, 5.74) is 2.50. The van der Waals surface area contributed by atoms with Gasteiger partial charge in [-0.05, 0) is 117 Å². The predicted octanol–water partition coefficient (Wildman–Crippen LogP) is 11.4. The van der Waals surface area contributed by atoms with Gasteiger partial charge in [-0.2, -0.15) is 0 Å². The molecule has 0 aliphatic carbocycles. The van der Waals surface area contributed by atoms with Gasteiger partial charge in [0, 0.05) is 0 Å². The van der Waals surface area contributed by atoms with E-state index in [4.69, 9.17) is 23.7 Å². The van der Waals surface area contributed by atoms with Crippen LogP contribution in [0.1, 0.15) is 133 Å². The average Bonchev–Trinajstić information content (AvgIpc) is 3.16. The molecule has 0 fully saturated rings. The van der Waals surface area contributed by atoms with Gasteiger partial charge in [-0.25, -0.2) is 14.4 Å². The van der Waals surface area contributed by atoms with E-state index in [-0.39, 0.29) is 22.6 Å². The van der Waals surface area contributed by atoms with Crippen molar-refractivity contribution in [3.63, 3.8) is 0 Å². The van der Waals surface area contributed by atoms with Crippen LogP contribution in [-0.2, 0) is 0 Å². The Kier molecular flexibility index (Phi) is 16.9. The van der Waals surface area contributed by atoms with Crippen LogP contribution in [0.3, 0.4) is 0 Å². The minimum atomic E-state index is -0.778. The molecule has 4 aromatic carbocycles. The predicted molar refractivity (Wildman–Crippen MR) is 208 cm³/mol. The smallest absolute Gasteiger partial charge is 0.347 e. The quantitative estimate of drug-likeness (QED) is 0.0449. The van der Waals surface area contributed by atoms with Gasteiger partial charge in [0.15, 0.2) is 0 Å². The lowest BCUT2D eigenvalue weighted by Gasteiger charge is -2.13. The second-order valence-corrected chi connectivity index (χ2v) is 13.4. The van der Waals surface area contributed by atoms with Crippen molar-refractivity contribution in [3.8, 4) is 28.7 Å². The first kappa shape index (κ1) is 40.7. The second-order valence-electron chi connectivity index (χ2n) is 13.4. The van der Waals surface area contributed by atoms with Gasteiger partial charge in [0.2, 0.25) is 0 Å². The summed E-state index contributed by atoms with van der Waals surface area (Å²) >= 11 is 0. The van der Waals surface area contributed by atoms with Crippen LogP contribution >= 0.6 is 0 Å². The molecule has 0 saturated carbocycles. The number of ether oxygens (including phenoxy) is 5. The van der Waals surface area contributed by atoms with Crippen molar-refractivity contribution in [2.75, 3.05) is 13.2 Å². The zero-order valence-electron chi connectivity index (χ0n) is 31.7. The van der Waals surface area contributed by atoms with Crippen LogP contribution in [0.25, 0.3) is 0 Å². The Morgan fingerprint density at radius 3 is 1.40 bits per heavy atom. The van der Waals surface area contributed by atoms with Gasteiger partial charge < -0.3 is 23.7 Å². The molecule has 4 rings (SSSR count). The molecule has 0 aliphatic rings. The Bertz CT molecular complexity index is 1740. The topological polar surface area (TPSA) is 97.4 Å². The maximum absolute atomic E-state index is 13.5. The van der Waals surface area contributed by atoms with E-state index >= 15 is 0 Å². The fourth-order valence-corrected chi connectivity index (χ4v) is 5.60. The molecule has 282 valence electrons. The SMILES string of the molecule is CCCCCCCCOc1ccc(C(=O)Oc2ccc(OC(=O)c3ccc(OCCCCCCCC)cc3)c(C(=O)Oc3ccc(C)c(C)c3)c2)cc1. The number of esters is 3. The van der Waals surface area contributed by atoms with Crippen LogP contribution in [0, 0.1) is 13.8 Å². The second kappa shape index (κ2) is 22.1. The first-order valence-electron chi connectivity index (χ1n) is 19.1. The number of unbranched alkanes of at least 4 members (excludes halogenated alkanes) is 10. The van der Waals surface area contributed by atoms with Crippen LogP contribution in [0.15, 0.2) is 84.9 Å². The summed E-state index contributed by atoms with van der Waals surface area (Å²) < 4.78 is 28.7. The van der Waals surface area contributed by atoms with Gasteiger partial charge in [-0.15, -0.1) is 0 Å². The van der Waals surface area contributed by atoms with E-state index in [9.17, 15) is 14.4 Å². The fourth-order valence-electron chi connectivity index (χ4n) is 5.60. The normalized spacial score (nSPS) is 10.8. The number of hydrogen-bond acceptors (Lipinski definition) is 8. The molecule has 0 amide bonds. The summed E-state index contributed by atoms with van der Waals surface area (Å²) in [7, 11) is 0. The summed E-state index contributed by atoms with van der Waals surface area (Å²) in [6.45, 7) is 9.51. The molecular formula is C45H54O8. The van der Waals surface area contributed by atoms with E-state index < -0.39 is 17.9 Å². The van der Waals surface area contributed by atoms with Gasteiger partial charge in [-0.1, -0.05) is 84.1 Å². The van der Waals surface area contributed by atoms with E-state index in [2.05, 4.69) is 13.8 Å². The highest BCUT2D eigenvalue weighted by Crippen LogP contribution is 2.29. The fraction of sp³-hybridized carbons (Fsp3) is 0.400. The highest BCUT2D eigenvalue weighted by molar-refractivity contribution is 5.98. The number of hydrogen-bond donors (Lipinski definition) is 0. The molecule has 0 spiro atoms. The van der Waals surface area contributed by atoms with Crippen molar-refractivity contribution < 1.29 is 38.1 Å². The summed E-state index contributed by atoms with van der Waals surface area (Å²) in [4.78, 5) is 39.8. The zero-order valence-corrected chi connectivity index (χ0v) is 31.7. The molecule has 8 nitrogen and oxygen atoms in total. The number of carbonyl (C=O) groups excluding carboxylic acids is 3. The Morgan fingerprint density at radius 1 is 0.434 bits per heavy atom. The van der Waals surface area contributed by atoms with Crippen molar-refractivity contribution in [2.24, 2.45) is 0 Å². The lowest BCUT2D eigenvalue weighted by molar-refractivity contribution is 0.0691. The molecule has 53 heavy (non-hydrogen) atoms. The molecule has 0 bridgehead atoms. The molecule has 8 heteroatoms. The monoisotopic (exact) mass is 722 g/mol. The number of carbonyl (C=O) groups is 3. The lowest BCUT2D eigenvalue weighted by atomic mass is 10.1. The van der Waals surface area contributed by atoms with Gasteiger partial charge in [0.05, 0.1) is 24.3 Å². The third-order valence-corrected chi connectivity index (χ3v) is 8.99. The molecule has 0 aromatic heterocycles. The van der Waals surface area contributed by atoms with Gasteiger partial charge in [-0.3, -0.25) is 0 Å². The van der Waals surface area contributed by atoms with Crippen LogP contribution in [-0.4, -0.2) is 31.1 Å². The summed E-state index contributed by atoms with van der Waals surface area (Å²) in [6, 6.07) is 22.9. The van der Waals surface area contributed by atoms with Crippen molar-refractivity contribution in [3.05, 3.63) is 113 Å². The van der Waals surface area contributed by atoms with Crippen molar-refractivity contribution in [1.82, 2.24) is 0 Å². The Morgan fingerprint density at radius 2 is 0.868 bits per heavy atom. The molecule has 0 unspecified atom stereocenters. The van der Waals surface area contributed by atoms with E-state index in [1.807, 2.05) is 19.9 Å². The van der Waals surface area contributed by atoms with E-state index in [0.29, 0.717) is 36.0 Å². The van der Waals surface area contributed by atoms with Crippen LogP contribution in [0.5, 0.6) is 28.7 Å². The molecular weight excluding hydrogens is 668 g/mol. The maximum Gasteiger partial charge on any atom is 0.347 e. The molecule has 0 atom stereocenters. The lowest BCUT2D eigenvalue weighted by Crippen LogP contribution is -2.15. The molecule has 0 N–H and O–H groups in total.